The van der Waals surface area contributed by atoms with E-state index in [1.54, 1.807) is 6.08 Å². The van der Waals surface area contributed by atoms with Crippen LogP contribution in [0.25, 0.3) is 12.2 Å². The van der Waals surface area contributed by atoms with Crippen molar-refractivity contribution < 1.29 is 4.79 Å². The van der Waals surface area contributed by atoms with E-state index in [9.17, 15) is 4.79 Å². The molecule has 1 saturated heterocycles. The number of carbonyl (C=O) groups is 1. The summed E-state index contributed by atoms with van der Waals surface area (Å²) >= 11 is 0. The Bertz CT molecular complexity index is 607. The molecular formula is C18H23NO. The highest BCUT2D eigenvalue weighted by molar-refractivity contribution is 5.94. The van der Waals surface area contributed by atoms with Gasteiger partial charge in [0.1, 0.15) is 0 Å². The summed E-state index contributed by atoms with van der Waals surface area (Å²) in [6, 6.07) is 5.91. The van der Waals surface area contributed by atoms with Gasteiger partial charge >= 0.3 is 0 Å². The van der Waals surface area contributed by atoms with E-state index < -0.39 is 0 Å². The number of hydrogen-bond donors (Lipinski definition) is 0. The Hall–Kier alpha value is -1.83. The van der Waals surface area contributed by atoms with Gasteiger partial charge in [-0.25, -0.2) is 0 Å². The molecule has 1 amide bonds. The van der Waals surface area contributed by atoms with E-state index in [-0.39, 0.29) is 5.91 Å². The standard InChI is InChI=1S/C18H23NO/c1-4-6-16-13-17(8-7-15(16)5-2)18(20)19-11-9-14(3)10-12-19/h4-8,13-14H,1,9-12H2,2-3H3/b15-5-,16-6-. The van der Waals surface area contributed by atoms with Crippen LogP contribution in [-0.2, 0) is 0 Å². The van der Waals surface area contributed by atoms with Gasteiger partial charge in [0, 0.05) is 18.7 Å². The molecule has 1 aromatic carbocycles. The van der Waals surface area contributed by atoms with Gasteiger partial charge in [0.05, 0.1) is 0 Å². The van der Waals surface area contributed by atoms with E-state index in [0.29, 0.717) is 0 Å². The maximum Gasteiger partial charge on any atom is 0.253 e. The topological polar surface area (TPSA) is 20.3 Å². The normalized spacial score (nSPS) is 18.4. The fourth-order valence-corrected chi connectivity index (χ4v) is 2.64. The predicted octanol–water partition coefficient (Wildman–Crippen LogP) is 2.33. The molecule has 0 N–H and O–H groups in total. The van der Waals surface area contributed by atoms with E-state index in [2.05, 4.69) is 13.5 Å². The van der Waals surface area contributed by atoms with Crippen LogP contribution in [0.4, 0.5) is 0 Å². The minimum atomic E-state index is 0.151. The van der Waals surface area contributed by atoms with E-state index >= 15 is 0 Å². The molecule has 1 aliphatic rings. The quantitative estimate of drug-likeness (QED) is 0.807. The second kappa shape index (κ2) is 6.56. The summed E-state index contributed by atoms with van der Waals surface area (Å²) in [5, 5.41) is 2.19. The zero-order valence-electron chi connectivity index (χ0n) is 12.4. The zero-order chi connectivity index (χ0) is 14.5. The molecule has 0 spiro atoms. The lowest BCUT2D eigenvalue weighted by atomic mass is 9.98. The Morgan fingerprint density at radius 1 is 1.30 bits per heavy atom. The number of piperidine rings is 1. The summed E-state index contributed by atoms with van der Waals surface area (Å²) < 4.78 is 0. The summed E-state index contributed by atoms with van der Waals surface area (Å²) in [6.07, 6.45) is 7.98. The molecule has 1 heterocycles. The second-order valence-corrected chi connectivity index (χ2v) is 5.51. The van der Waals surface area contributed by atoms with Gasteiger partial charge < -0.3 is 4.90 Å². The largest absolute Gasteiger partial charge is 0.339 e. The van der Waals surface area contributed by atoms with E-state index in [4.69, 9.17) is 0 Å². The number of carbonyl (C=O) groups excluding carboxylic acids is 1. The Balaban J connectivity index is 2.29. The van der Waals surface area contributed by atoms with Gasteiger partial charge in [0.15, 0.2) is 0 Å². The van der Waals surface area contributed by atoms with Crippen LogP contribution in [0.5, 0.6) is 0 Å². The van der Waals surface area contributed by atoms with Crippen LogP contribution in [0, 0.1) is 5.92 Å². The molecular weight excluding hydrogens is 246 g/mol. The lowest BCUT2D eigenvalue weighted by Gasteiger charge is -2.30. The third kappa shape index (κ3) is 3.19. The Morgan fingerprint density at radius 3 is 2.60 bits per heavy atom. The molecule has 20 heavy (non-hydrogen) atoms. The number of rotatable bonds is 2. The molecule has 0 aromatic heterocycles. The first-order chi connectivity index (χ1) is 9.65. The Kier molecular flexibility index (Phi) is 4.78. The Labute approximate surface area is 121 Å². The number of amides is 1. The summed E-state index contributed by atoms with van der Waals surface area (Å²) in [7, 11) is 0. The highest BCUT2D eigenvalue weighted by atomic mass is 16.2. The highest BCUT2D eigenvalue weighted by Gasteiger charge is 2.21. The number of allylic oxidation sites excluding steroid dienone is 1. The van der Waals surface area contributed by atoms with E-state index in [1.165, 1.54) is 0 Å². The molecule has 0 atom stereocenters. The molecule has 106 valence electrons. The van der Waals surface area contributed by atoms with Gasteiger partial charge in [0.2, 0.25) is 0 Å². The van der Waals surface area contributed by atoms with Crippen molar-refractivity contribution in [3.8, 4) is 0 Å². The smallest absolute Gasteiger partial charge is 0.253 e. The predicted molar refractivity (Wildman–Crippen MR) is 84.8 cm³/mol. The van der Waals surface area contributed by atoms with Crippen LogP contribution in [-0.4, -0.2) is 23.9 Å². The minimum absolute atomic E-state index is 0.151. The van der Waals surface area contributed by atoms with Crippen molar-refractivity contribution >= 4 is 18.1 Å². The molecule has 2 heteroatoms. The molecule has 0 bridgehead atoms. The van der Waals surface area contributed by atoms with Crippen LogP contribution in [0.3, 0.4) is 0 Å². The molecule has 2 nitrogen and oxygen atoms in total. The number of hydrogen-bond acceptors (Lipinski definition) is 1. The first-order valence-electron chi connectivity index (χ1n) is 7.34. The summed E-state index contributed by atoms with van der Waals surface area (Å²) in [5.41, 5.74) is 0.776. The summed E-state index contributed by atoms with van der Waals surface area (Å²) in [6.45, 7) is 9.75. The monoisotopic (exact) mass is 269 g/mol. The fourth-order valence-electron chi connectivity index (χ4n) is 2.64. The van der Waals surface area contributed by atoms with Crippen molar-refractivity contribution in [3.05, 3.63) is 46.9 Å². The van der Waals surface area contributed by atoms with Gasteiger partial charge in [-0.05, 0) is 48.3 Å². The first-order valence-corrected chi connectivity index (χ1v) is 7.34. The SMILES string of the molecule is C=C/C=c1/cc(C(=O)N2CCC(C)CC2)cc/c1=C/C. The van der Waals surface area contributed by atoms with Gasteiger partial charge in [-0.2, -0.15) is 0 Å². The van der Waals surface area contributed by atoms with Crippen molar-refractivity contribution in [1.29, 1.82) is 0 Å². The Morgan fingerprint density at radius 2 is 2.00 bits per heavy atom. The van der Waals surface area contributed by atoms with Crippen molar-refractivity contribution in [2.24, 2.45) is 5.92 Å². The fraction of sp³-hybridized carbons (Fsp3) is 0.389. The molecule has 1 aliphatic heterocycles. The van der Waals surface area contributed by atoms with Crippen molar-refractivity contribution in [3.63, 3.8) is 0 Å². The first kappa shape index (κ1) is 14.6. The average Bonchev–Trinajstić information content (AvgIpc) is 2.47. The molecule has 0 aliphatic carbocycles. The summed E-state index contributed by atoms with van der Waals surface area (Å²) in [5.74, 6) is 0.888. The molecule has 2 rings (SSSR count). The molecule has 1 fully saturated rings. The number of benzene rings is 1. The minimum Gasteiger partial charge on any atom is -0.339 e. The van der Waals surface area contributed by atoms with Gasteiger partial charge in [-0.1, -0.05) is 37.8 Å². The molecule has 0 radical (unpaired) electrons. The van der Waals surface area contributed by atoms with Crippen LogP contribution < -0.4 is 10.4 Å². The van der Waals surface area contributed by atoms with Crippen molar-refractivity contribution in [2.75, 3.05) is 13.1 Å². The average molecular weight is 269 g/mol. The van der Waals surface area contributed by atoms with Gasteiger partial charge in [-0.15, -0.1) is 0 Å². The van der Waals surface area contributed by atoms with Crippen molar-refractivity contribution in [1.82, 2.24) is 4.90 Å². The van der Waals surface area contributed by atoms with Crippen LogP contribution in [0.1, 0.15) is 37.0 Å². The number of nitrogens with zero attached hydrogens (tertiary/aromatic N) is 1. The summed E-state index contributed by atoms with van der Waals surface area (Å²) in [4.78, 5) is 14.5. The molecule has 1 aromatic rings. The third-order valence-electron chi connectivity index (χ3n) is 4.01. The van der Waals surface area contributed by atoms with Gasteiger partial charge in [0.25, 0.3) is 5.91 Å². The van der Waals surface area contributed by atoms with E-state index in [1.807, 2.05) is 42.2 Å². The molecule has 0 unspecified atom stereocenters. The number of likely N-dealkylation sites (tertiary alicyclic amines) is 1. The lowest BCUT2D eigenvalue weighted by molar-refractivity contribution is 0.0697. The van der Waals surface area contributed by atoms with Crippen LogP contribution >= 0.6 is 0 Å². The van der Waals surface area contributed by atoms with Crippen LogP contribution in [0.15, 0.2) is 30.9 Å². The van der Waals surface area contributed by atoms with Gasteiger partial charge in [-0.3, -0.25) is 4.79 Å². The van der Waals surface area contributed by atoms with Crippen LogP contribution in [0.2, 0.25) is 0 Å². The van der Waals surface area contributed by atoms with Crippen molar-refractivity contribution in [2.45, 2.75) is 26.7 Å². The third-order valence-corrected chi connectivity index (χ3v) is 4.01. The van der Waals surface area contributed by atoms with E-state index in [0.717, 1.165) is 47.8 Å². The lowest BCUT2D eigenvalue weighted by Crippen LogP contribution is -2.38. The maximum absolute atomic E-state index is 12.5. The zero-order valence-corrected chi connectivity index (χ0v) is 12.4. The molecule has 0 saturated carbocycles. The maximum atomic E-state index is 12.5. The highest BCUT2D eigenvalue weighted by Crippen LogP contribution is 2.17. The second-order valence-electron chi connectivity index (χ2n) is 5.51.